The molecule has 3 rings (SSSR count). The lowest BCUT2D eigenvalue weighted by Crippen LogP contribution is -2.54. The molecule has 0 spiro atoms. The lowest BCUT2D eigenvalue weighted by Gasteiger charge is -2.27. The van der Waals surface area contributed by atoms with E-state index in [0.29, 0.717) is 22.0 Å². The van der Waals surface area contributed by atoms with Gasteiger partial charge in [-0.25, -0.2) is 9.69 Å². The van der Waals surface area contributed by atoms with Gasteiger partial charge in [-0.2, -0.15) is 0 Å². The van der Waals surface area contributed by atoms with Crippen LogP contribution >= 0.6 is 11.6 Å². The van der Waals surface area contributed by atoms with Crippen molar-refractivity contribution in [2.24, 2.45) is 0 Å². The molecule has 1 N–H and O–H groups in total. The Kier molecular flexibility index (Phi) is 5.01. The van der Waals surface area contributed by atoms with Crippen molar-refractivity contribution in [2.75, 3.05) is 12.0 Å². The average molecular weight is 385 g/mol. The largest absolute Gasteiger partial charge is 0.496 e. The van der Waals surface area contributed by atoms with Crippen molar-refractivity contribution in [3.8, 4) is 5.75 Å². The normalized spacial score (nSPS) is 15.9. The molecule has 2 aromatic carbocycles. The van der Waals surface area contributed by atoms with Crippen LogP contribution in [0.2, 0.25) is 5.02 Å². The van der Waals surface area contributed by atoms with Crippen molar-refractivity contribution in [2.45, 2.75) is 13.8 Å². The van der Waals surface area contributed by atoms with Crippen molar-refractivity contribution < 1.29 is 19.1 Å². The van der Waals surface area contributed by atoms with E-state index in [1.54, 1.807) is 37.3 Å². The number of benzene rings is 2. The van der Waals surface area contributed by atoms with Crippen molar-refractivity contribution >= 4 is 41.2 Å². The summed E-state index contributed by atoms with van der Waals surface area (Å²) in [5.41, 5.74) is 2.43. The summed E-state index contributed by atoms with van der Waals surface area (Å²) in [6.07, 6.45) is 1.37. The summed E-state index contributed by atoms with van der Waals surface area (Å²) in [7, 11) is 1.47. The fourth-order valence-electron chi connectivity index (χ4n) is 2.91. The maximum atomic E-state index is 13.0. The number of rotatable bonds is 3. The van der Waals surface area contributed by atoms with Gasteiger partial charge in [0.15, 0.2) is 0 Å². The number of aryl methyl sites for hydroxylation is 2. The number of urea groups is 1. The van der Waals surface area contributed by atoms with Gasteiger partial charge in [0, 0.05) is 10.6 Å². The highest BCUT2D eigenvalue weighted by Crippen LogP contribution is 2.29. The molecule has 0 saturated carbocycles. The molecule has 1 fully saturated rings. The van der Waals surface area contributed by atoms with E-state index in [4.69, 9.17) is 16.3 Å². The van der Waals surface area contributed by atoms with E-state index in [1.165, 1.54) is 13.2 Å². The van der Waals surface area contributed by atoms with Gasteiger partial charge in [0.05, 0.1) is 12.8 Å². The average Bonchev–Trinajstić information content (AvgIpc) is 2.60. The van der Waals surface area contributed by atoms with Crippen LogP contribution in [0.25, 0.3) is 6.08 Å². The summed E-state index contributed by atoms with van der Waals surface area (Å²) >= 11 is 6.01. The van der Waals surface area contributed by atoms with Gasteiger partial charge < -0.3 is 4.74 Å². The summed E-state index contributed by atoms with van der Waals surface area (Å²) in [6, 6.07) is 9.39. The topological polar surface area (TPSA) is 75.7 Å². The third kappa shape index (κ3) is 3.57. The molecule has 138 valence electrons. The van der Waals surface area contributed by atoms with Gasteiger partial charge >= 0.3 is 6.03 Å². The molecule has 0 atom stereocenters. The highest BCUT2D eigenvalue weighted by Gasteiger charge is 2.37. The molecule has 27 heavy (non-hydrogen) atoms. The molecule has 0 radical (unpaired) electrons. The fraction of sp³-hybridized carbons (Fsp3) is 0.150. The summed E-state index contributed by atoms with van der Waals surface area (Å²) in [5, 5.41) is 2.63. The number of carbonyl (C=O) groups excluding carboxylic acids is 3. The van der Waals surface area contributed by atoms with E-state index in [0.717, 1.165) is 16.0 Å². The molecule has 0 aromatic heterocycles. The number of hydrogen-bond donors (Lipinski definition) is 1. The van der Waals surface area contributed by atoms with Crippen LogP contribution < -0.4 is 15.0 Å². The second-order valence-electron chi connectivity index (χ2n) is 6.13. The Bertz CT molecular complexity index is 997. The predicted molar refractivity (Wildman–Crippen MR) is 103 cm³/mol. The van der Waals surface area contributed by atoms with Crippen LogP contribution in [0.5, 0.6) is 5.75 Å². The van der Waals surface area contributed by atoms with Crippen LogP contribution in [-0.4, -0.2) is 25.0 Å². The van der Waals surface area contributed by atoms with E-state index >= 15 is 0 Å². The second-order valence-corrected chi connectivity index (χ2v) is 6.57. The van der Waals surface area contributed by atoms with E-state index in [-0.39, 0.29) is 5.57 Å². The Hall–Kier alpha value is -3.12. The minimum Gasteiger partial charge on any atom is -0.496 e. The first kappa shape index (κ1) is 18.7. The third-order valence-electron chi connectivity index (χ3n) is 4.19. The minimum atomic E-state index is -0.785. The van der Waals surface area contributed by atoms with Crippen LogP contribution in [0.1, 0.15) is 16.7 Å². The van der Waals surface area contributed by atoms with Gasteiger partial charge in [-0.3, -0.25) is 14.9 Å². The van der Waals surface area contributed by atoms with Gasteiger partial charge in [0.25, 0.3) is 11.8 Å². The molecule has 1 heterocycles. The Morgan fingerprint density at radius 3 is 2.48 bits per heavy atom. The molecule has 6 nitrogen and oxygen atoms in total. The quantitative estimate of drug-likeness (QED) is 0.647. The summed E-state index contributed by atoms with van der Waals surface area (Å²) in [4.78, 5) is 38.6. The van der Waals surface area contributed by atoms with Crippen molar-refractivity contribution in [1.82, 2.24) is 5.32 Å². The lowest BCUT2D eigenvalue weighted by molar-refractivity contribution is -0.122. The minimum absolute atomic E-state index is 0.185. The highest BCUT2D eigenvalue weighted by atomic mass is 35.5. The Morgan fingerprint density at radius 1 is 1.07 bits per heavy atom. The molecule has 1 saturated heterocycles. The Morgan fingerprint density at radius 2 is 1.81 bits per heavy atom. The number of barbiturate groups is 1. The van der Waals surface area contributed by atoms with Crippen LogP contribution in [0.3, 0.4) is 0 Å². The summed E-state index contributed by atoms with van der Waals surface area (Å²) in [6.45, 7) is 3.71. The lowest BCUT2D eigenvalue weighted by atomic mass is 10.0. The SMILES string of the molecule is COc1ccc(Cl)cc1/C=C1\C(=O)NC(=O)N(c2ccc(C)cc2C)C1=O. The third-order valence-corrected chi connectivity index (χ3v) is 4.42. The standard InChI is InChI=1S/C20H17ClN2O4/c1-11-4-6-16(12(2)8-11)23-19(25)15(18(24)22-20(23)26)10-13-9-14(21)5-7-17(13)27-3/h4-10H,1-3H3,(H,22,24,26)/b15-10+. The monoisotopic (exact) mass is 384 g/mol. The number of imide groups is 2. The summed E-state index contributed by atoms with van der Waals surface area (Å²) in [5.74, 6) is -1.03. The Labute approximate surface area is 161 Å². The number of ether oxygens (including phenoxy) is 1. The van der Waals surface area contributed by atoms with Gasteiger partial charge in [-0.05, 0) is 49.8 Å². The van der Waals surface area contributed by atoms with Crippen LogP contribution in [-0.2, 0) is 9.59 Å². The van der Waals surface area contributed by atoms with Crippen LogP contribution in [0, 0.1) is 13.8 Å². The zero-order valence-electron chi connectivity index (χ0n) is 15.0. The van der Waals surface area contributed by atoms with Gasteiger partial charge in [-0.1, -0.05) is 29.3 Å². The molecule has 0 unspecified atom stereocenters. The zero-order valence-corrected chi connectivity index (χ0v) is 15.8. The predicted octanol–water partition coefficient (Wildman–Crippen LogP) is 3.63. The first-order valence-electron chi connectivity index (χ1n) is 8.14. The number of nitrogens with one attached hydrogen (secondary N) is 1. The van der Waals surface area contributed by atoms with Crippen molar-refractivity contribution in [1.29, 1.82) is 0 Å². The number of amides is 4. The maximum Gasteiger partial charge on any atom is 0.335 e. The molecular formula is C20H17ClN2O4. The summed E-state index contributed by atoms with van der Waals surface area (Å²) < 4.78 is 5.25. The Balaban J connectivity index is 2.09. The van der Waals surface area contributed by atoms with E-state index in [9.17, 15) is 14.4 Å². The number of methoxy groups -OCH3 is 1. The van der Waals surface area contributed by atoms with E-state index in [1.807, 2.05) is 13.0 Å². The van der Waals surface area contributed by atoms with E-state index < -0.39 is 17.8 Å². The molecule has 0 bridgehead atoms. The number of anilines is 1. The second kappa shape index (κ2) is 7.25. The number of halogens is 1. The zero-order chi connectivity index (χ0) is 19.7. The number of carbonyl (C=O) groups is 3. The number of hydrogen-bond acceptors (Lipinski definition) is 4. The fourth-order valence-corrected chi connectivity index (χ4v) is 3.09. The van der Waals surface area contributed by atoms with Gasteiger partial charge in [0.1, 0.15) is 11.3 Å². The number of nitrogens with zero attached hydrogens (tertiary/aromatic N) is 1. The smallest absolute Gasteiger partial charge is 0.335 e. The van der Waals surface area contributed by atoms with Gasteiger partial charge in [-0.15, -0.1) is 0 Å². The van der Waals surface area contributed by atoms with Crippen LogP contribution in [0.15, 0.2) is 42.0 Å². The maximum absolute atomic E-state index is 13.0. The first-order valence-corrected chi connectivity index (χ1v) is 8.52. The molecule has 4 amide bonds. The molecular weight excluding hydrogens is 368 g/mol. The molecule has 1 aliphatic heterocycles. The molecule has 0 aliphatic carbocycles. The first-order chi connectivity index (χ1) is 12.8. The molecule has 7 heteroatoms. The van der Waals surface area contributed by atoms with E-state index in [2.05, 4.69) is 5.32 Å². The molecule has 1 aliphatic rings. The van der Waals surface area contributed by atoms with Crippen molar-refractivity contribution in [3.05, 3.63) is 63.7 Å². The van der Waals surface area contributed by atoms with Crippen molar-refractivity contribution in [3.63, 3.8) is 0 Å². The van der Waals surface area contributed by atoms with Crippen LogP contribution in [0.4, 0.5) is 10.5 Å². The molecule has 2 aromatic rings. The van der Waals surface area contributed by atoms with Gasteiger partial charge in [0.2, 0.25) is 0 Å². The highest BCUT2D eigenvalue weighted by molar-refractivity contribution is 6.39.